The summed E-state index contributed by atoms with van der Waals surface area (Å²) >= 11 is 0. The minimum atomic E-state index is -0.105. The molecule has 1 aliphatic carbocycles. The van der Waals surface area contributed by atoms with Crippen molar-refractivity contribution in [2.75, 3.05) is 10.6 Å². The molecule has 5 heteroatoms. The van der Waals surface area contributed by atoms with Gasteiger partial charge in [0.1, 0.15) is 0 Å². The van der Waals surface area contributed by atoms with Gasteiger partial charge in [0.05, 0.1) is 6.04 Å². The van der Waals surface area contributed by atoms with Crippen molar-refractivity contribution in [3.8, 4) is 0 Å². The van der Waals surface area contributed by atoms with E-state index in [0.717, 1.165) is 11.4 Å². The highest BCUT2D eigenvalue weighted by atomic mass is 16.2. The van der Waals surface area contributed by atoms with Crippen molar-refractivity contribution in [3.63, 3.8) is 0 Å². The molecule has 1 aromatic carbocycles. The fourth-order valence-corrected chi connectivity index (χ4v) is 3.19. The van der Waals surface area contributed by atoms with E-state index in [9.17, 15) is 9.59 Å². The lowest BCUT2D eigenvalue weighted by atomic mass is 9.85. The van der Waals surface area contributed by atoms with Crippen molar-refractivity contribution >= 4 is 23.2 Å². The summed E-state index contributed by atoms with van der Waals surface area (Å²) < 4.78 is 0. The second kappa shape index (κ2) is 8.11. The monoisotopic (exact) mass is 318 g/mol. The third kappa shape index (κ3) is 5.36. The first-order valence-corrected chi connectivity index (χ1v) is 8.49. The molecule has 4 N–H and O–H groups in total. The number of nitrogens with two attached hydrogens (primary N) is 1. The summed E-state index contributed by atoms with van der Waals surface area (Å²) in [7, 11) is 0. The molecular formula is C18H28N3O2+. The van der Waals surface area contributed by atoms with Gasteiger partial charge in [-0.1, -0.05) is 13.3 Å². The van der Waals surface area contributed by atoms with Gasteiger partial charge in [0.2, 0.25) is 5.91 Å². The Morgan fingerprint density at radius 3 is 2.22 bits per heavy atom. The van der Waals surface area contributed by atoms with Crippen LogP contribution in [0.15, 0.2) is 24.3 Å². The number of amides is 2. The van der Waals surface area contributed by atoms with Gasteiger partial charge >= 0.3 is 0 Å². The number of rotatable bonds is 5. The molecule has 2 amide bonds. The largest absolute Gasteiger partial charge is 0.334 e. The van der Waals surface area contributed by atoms with Crippen molar-refractivity contribution in [2.45, 2.75) is 58.5 Å². The molecule has 1 fully saturated rings. The van der Waals surface area contributed by atoms with Gasteiger partial charge in [0.25, 0.3) is 5.91 Å². The SMILES string of the molecule is CC(=O)Nc1ccc(NC(=O)[C@H](C)[NH2+][C@@H]2CCCC[C@H]2C)cc1. The first-order valence-electron chi connectivity index (χ1n) is 8.49. The van der Waals surface area contributed by atoms with Gasteiger partial charge in [-0.3, -0.25) is 9.59 Å². The second-order valence-electron chi connectivity index (χ2n) is 6.65. The van der Waals surface area contributed by atoms with Crippen molar-refractivity contribution < 1.29 is 14.9 Å². The Bertz CT molecular complexity index is 542. The molecule has 0 saturated heterocycles. The van der Waals surface area contributed by atoms with Crippen molar-refractivity contribution in [1.29, 1.82) is 0 Å². The molecule has 126 valence electrons. The highest BCUT2D eigenvalue weighted by molar-refractivity contribution is 5.94. The van der Waals surface area contributed by atoms with Crippen LogP contribution < -0.4 is 16.0 Å². The van der Waals surface area contributed by atoms with Crippen LogP contribution in [0.1, 0.15) is 46.5 Å². The van der Waals surface area contributed by atoms with Gasteiger partial charge in [-0.2, -0.15) is 0 Å². The maximum Gasteiger partial charge on any atom is 0.282 e. The van der Waals surface area contributed by atoms with E-state index in [1.54, 1.807) is 24.3 Å². The predicted molar refractivity (Wildman–Crippen MR) is 92.2 cm³/mol. The standard InChI is InChI=1S/C18H27N3O2/c1-12-6-4-5-7-17(12)19-13(2)18(23)21-16-10-8-15(9-11-16)20-14(3)22/h8-13,17,19H,4-7H2,1-3H3,(H,20,22)(H,21,23)/p+1/t12-,13+,17-/m1/s1. The summed E-state index contributed by atoms with van der Waals surface area (Å²) in [4.78, 5) is 23.3. The van der Waals surface area contributed by atoms with E-state index in [-0.39, 0.29) is 17.9 Å². The van der Waals surface area contributed by atoms with Crippen LogP contribution in [0.4, 0.5) is 11.4 Å². The Labute approximate surface area is 138 Å². The number of anilines is 2. The van der Waals surface area contributed by atoms with E-state index in [1.807, 2.05) is 6.92 Å². The molecule has 1 aliphatic rings. The van der Waals surface area contributed by atoms with E-state index in [2.05, 4.69) is 22.9 Å². The Balaban J connectivity index is 1.86. The molecule has 5 nitrogen and oxygen atoms in total. The predicted octanol–water partition coefficient (Wildman–Crippen LogP) is 2.11. The zero-order valence-electron chi connectivity index (χ0n) is 14.3. The lowest BCUT2D eigenvalue weighted by Gasteiger charge is -2.28. The smallest absolute Gasteiger partial charge is 0.282 e. The summed E-state index contributed by atoms with van der Waals surface area (Å²) in [5.74, 6) is 0.595. The van der Waals surface area contributed by atoms with Crippen LogP contribution in [0.3, 0.4) is 0 Å². The van der Waals surface area contributed by atoms with Crippen molar-refractivity contribution in [2.24, 2.45) is 5.92 Å². The van der Waals surface area contributed by atoms with Crippen LogP contribution in [0.5, 0.6) is 0 Å². The van der Waals surface area contributed by atoms with E-state index < -0.39 is 0 Å². The summed E-state index contributed by atoms with van der Waals surface area (Å²) in [6.07, 6.45) is 5.04. The van der Waals surface area contributed by atoms with Crippen LogP contribution in [0, 0.1) is 5.92 Å². The number of carbonyl (C=O) groups excluding carboxylic acids is 2. The maximum absolute atomic E-state index is 12.3. The van der Waals surface area contributed by atoms with Gasteiger partial charge in [-0.15, -0.1) is 0 Å². The van der Waals surface area contributed by atoms with Gasteiger partial charge in [0.15, 0.2) is 6.04 Å². The summed E-state index contributed by atoms with van der Waals surface area (Å²) in [5.41, 5.74) is 1.48. The highest BCUT2D eigenvalue weighted by Gasteiger charge is 2.28. The minimum Gasteiger partial charge on any atom is -0.334 e. The molecule has 1 saturated carbocycles. The minimum absolute atomic E-state index is 0.0232. The van der Waals surface area contributed by atoms with E-state index >= 15 is 0 Å². The third-order valence-electron chi connectivity index (χ3n) is 4.60. The molecule has 0 heterocycles. The molecule has 3 atom stereocenters. The van der Waals surface area contributed by atoms with Crippen LogP contribution in [-0.2, 0) is 9.59 Å². The molecule has 0 spiro atoms. The number of nitrogens with one attached hydrogen (secondary N) is 2. The lowest BCUT2D eigenvalue weighted by Crippen LogP contribution is -2.97. The summed E-state index contributed by atoms with van der Waals surface area (Å²) in [6.45, 7) is 5.72. The molecule has 1 aromatic rings. The van der Waals surface area contributed by atoms with Gasteiger partial charge in [-0.25, -0.2) is 0 Å². The third-order valence-corrected chi connectivity index (χ3v) is 4.60. The molecule has 0 unspecified atom stereocenters. The van der Waals surface area contributed by atoms with E-state index in [0.29, 0.717) is 12.0 Å². The number of hydrogen-bond donors (Lipinski definition) is 3. The topological polar surface area (TPSA) is 74.8 Å². The Morgan fingerprint density at radius 2 is 1.65 bits per heavy atom. The summed E-state index contributed by atoms with van der Waals surface area (Å²) in [5, 5.41) is 7.87. The Morgan fingerprint density at radius 1 is 1.09 bits per heavy atom. The molecule has 0 bridgehead atoms. The average Bonchev–Trinajstić information content (AvgIpc) is 2.51. The highest BCUT2D eigenvalue weighted by Crippen LogP contribution is 2.21. The van der Waals surface area contributed by atoms with Gasteiger partial charge in [0, 0.05) is 24.2 Å². The summed E-state index contributed by atoms with van der Waals surface area (Å²) in [6, 6.07) is 7.63. The van der Waals surface area contributed by atoms with Gasteiger partial charge < -0.3 is 16.0 Å². The quantitative estimate of drug-likeness (QED) is 0.778. The first kappa shape index (κ1) is 17.5. The zero-order valence-corrected chi connectivity index (χ0v) is 14.3. The Kier molecular flexibility index (Phi) is 6.16. The molecule has 2 rings (SSSR count). The van der Waals surface area contributed by atoms with Gasteiger partial charge in [-0.05, 0) is 50.5 Å². The normalized spacial score (nSPS) is 22.2. The lowest BCUT2D eigenvalue weighted by molar-refractivity contribution is -0.714. The molecule has 0 radical (unpaired) electrons. The fraction of sp³-hybridized carbons (Fsp3) is 0.556. The van der Waals surface area contributed by atoms with Crippen LogP contribution >= 0.6 is 0 Å². The zero-order chi connectivity index (χ0) is 16.8. The molecule has 0 aliphatic heterocycles. The van der Waals surface area contributed by atoms with Crippen molar-refractivity contribution in [3.05, 3.63) is 24.3 Å². The average molecular weight is 318 g/mol. The number of benzene rings is 1. The van der Waals surface area contributed by atoms with Crippen LogP contribution in [0.25, 0.3) is 0 Å². The van der Waals surface area contributed by atoms with Crippen LogP contribution in [-0.4, -0.2) is 23.9 Å². The molecule has 23 heavy (non-hydrogen) atoms. The van der Waals surface area contributed by atoms with E-state index in [1.165, 1.54) is 32.6 Å². The Hall–Kier alpha value is -1.88. The fourth-order valence-electron chi connectivity index (χ4n) is 3.19. The number of carbonyl (C=O) groups is 2. The molecular weight excluding hydrogens is 290 g/mol. The number of quaternary nitrogens is 1. The van der Waals surface area contributed by atoms with Crippen molar-refractivity contribution in [1.82, 2.24) is 0 Å². The first-order chi connectivity index (χ1) is 11.0. The van der Waals surface area contributed by atoms with E-state index in [4.69, 9.17) is 0 Å². The second-order valence-corrected chi connectivity index (χ2v) is 6.65. The maximum atomic E-state index is 12.3. The van der Waals surface area contributed by atoms with Crippen LogP contribution in [0.2, 0.25) is 0 Å². The number of hydrogen-bond acceptors (Lipinski definition) is 2. The molecule has 0 aromatic heterocycles.